The van der Waals surface area contributed by atoms with Gasteiger partial charge in [-0.1, -0.05) is 24.3 Å². The number of para-hydroxylation sites is 1. The van der Waals surface area contributed by atoms with E-state index in [9.17, 15) is 17.2 Å². The van der Waals surface area contributed by atoms with Crippen LogP contribution in [0.4, 0.5) is 8.78 Å². The van der Waals surface area contributed by atoms with Crippen molar-refractivity contribution in [2.24, 2.45) is 0 Å². The standard InChI is InChI=1S/C23H28F2N2O3S/c24-19-5-3-4-18(16-19)17-31(28,29)27-14-8-20(9-15-27)26-12-10-21(11-13-26)30-23-7-2-1-6-22(23)25/h1-7,16,20-21H,8-15,17H2. The first-order chi connectivity index (χ1) is 14.9. The van der Waals surface area contributed by atoms with Crippen LogP contribution in [-0.2, 0) is 15.8 Å². The Morgan fingerprint density at radius 1 is 0.903 bits per heavy atom. The molecule has 0 unspecified atom stereocenters. The van der Waals surface area contributed by atoms with Crippen molar-refractivity contribution < 1.29 is 21.9 Å². The lowest BCUT2D eigenvalue weighted by Gasteiger charge is -2.41. The summed E-state index contributed by atoms with van der Waals surface area (Å²) in [6.07, 6.45) is 3.21. The van der Waals surface area contributed by atoms with E-state index in [0.29, 0.717) is 30.4 Å². The van der Waals surface area contributed by atoms with Crippen LogP contribution in [0, 0.1) is 11.6 Å². The lowest BCUT2D eigenvalue weighted by Crippen LogP contribution is -2.50. The van der Waals surface area contributed by atoms with Crippen molar-refractivity contribution in [2.75, 3.05) is 26.2 Å². The topological polar surface area (TPSA) is 49.9 Å². The number of sulfonamides is 1. The van der Waals surface area contributed by atoms with Gasteiger partial charge in [-0.25, -0.2) is 21.5 Å². The molecular weight excluding hydrogens is 422 g/mol. The minimum atomic E-state index is -3.46. The largest absolute Gasteiger partial charge is 0.487 e. The monoisotopic (exact) mass is 450 g/mol. The molecule has 0 aromatic heterocycles. The van der Waals surface area contributed by atoms with Crippen LogP contribution in [0.1, 0.15) is 31.2 Å². The molecule has 2 aromatic carbocycles. The third-order valence-electron chi connectivity index (χ3n) is 6.18. The van der Waals surface area contributed by atoms with Gasteiger partial charge in [-0.15, -0.1) is 0 Å². The van der Waals surface area contributed by atoms with Crippen LogP contribution in [0.5, 0.6) is 5.75 Å². The SMILES string of the molecule is O=S(=O)(Cc1cccc(F)c1)N1CCC(N2CCC(Oc3ccccc3F)CC2)CC1. The first-order valence-corrected chi connectivity index (χ1v) is 12.4. The average Bonchev–Trinajstić information content (AvgIpc) is 2.76. The molecule has 0 bridgehead atoms. The molecule has 2 aliphatic rings. The van der Waals surface area contributed by atoms with E-state index in [1.165, 1.54) is 28.6 Å². The van der Waals surface area contributed by atoms with Crippen LogP contribution in [0.3, 0.4) is 0 Å². The van der Waals surface area contributed by atoms with Crippen LogP contribution < -0.4 is 4.74 Å². The Labute approximate surface area is 182 Å². The second-order valence-electron chi connectivity index (χ2n) is 8.30. The molecule has 2 aliphatic heterocycles. The fraction of sp³-hybridized carbons (Fsp3) is 0.478. The van der Waals surface area contributed by atoms with Crippen molar-refractivity contribution in [1.29, 1.82) is 0 Å². The van der Waals surface area contributed by atoms with Gasteiger partial charge in [0, 0.05) is 32.2 Å². The van der Waals surface area contributed by atoms with Crippen LogP contribution in [-0.4, -0.2) is 55.9 Å². The number of benzene rings is 2. The molecule has 8 heteroatoms. The minimum Gasteiger partial charge on any atom is -0.487 e. The molecule has 0 amide bonds. The quantitative estimate of drug-likeness (QED) is 0.672. The van der Waals surface area contributed by atoms with E-state index in [2.05, 4.69) is 4.90 Å². The summed E-state index contributed by atoms with van der Waals surface area (Å²) < 4.78 is 60.0. The predicted octanol–water partition coefficient (Wildman–Crippen LogP) is 3.80. The Bertz CT molecular complexity index is 986. The molecule has 2 saturated heterocycles. The molecule has 0 saturated carbocycles. The fourth-order valence-electron chi connectivity index (χ4n) is 4.49. The van der Waals surface area contributed by atoms with Crippen LogP contribution in [0.2, 0.25) is 0 Å². The van der Waals surface area contributed by atoms with Crippen LogP contribution in [0.15, 0.2) is 48.5 Å². The van der Waals surface area contributed by atoms with Crippen molar-refractivity contribution in [1.82, 2.24) is 9.21 Å². The first kappa shape index (κ1) is 22.2. The van der Waals surface area contributed by atoms with Crippen molar-refractivity contribution in [3.63, 3.8) is 0 Å². The maximum Gasteiger partial charge on any atom is 0.218 e. The van der Waals surface area contributed by atoms with Crippen LogP contribution >= 0.6 is 0 Å². The third kappa shape index (κ3) is 5.61. The lowest BCUT2D eigenvalue weighted by atomic mass is 10.00. The lowest BCUT2D eigenvalue weighted by molar-refractivity contribution is 0.0567. The Morgan fingerprint density at radius 2 is 1.61 bits per heavy atom. The number of likely N-dealkylation sites (tertiary alicyclic amines) is 1. The summed E-state index contributed by atoms with van der Waals surface area (Å²) in [6, 6.07) is 12.6. The smallest absolute Gasteiger partial charge is 0.218 e. The molecule has 2 aromatic rings. The predicted molar refractivity (Wildman–Crippen MR) is 115 cm³/mol. The number of hydrogen-bond acceptors (Lipinski definition) is 4. The van der Waals surface area contributed by atoms with Gasteiger partial charge in [0.25, 0.3) is 0 Å². The Morgan fingerprint density at radius 3 is 2.29 bits per heavy atom. The number of ether oxygens (including phenoxy) is 1. The molecule has 0 aliphatic carbocycles. The summed E-state index contributed by atoms with van der Waals surface area (Å²) in [5.74, 6) is -0.628. The zero-order valence-corrected chi connectivity index (χ0v) is 18.2. The summed E-state index contributed by atoms with van der Waals surface area (Å²) in [5, 5.41) is 0. The van der Waals surface area contributed by atoms with E-state index in [1.54, 1.807) is 24.3 Å². The molecular formula is C23H28F2N2O3S. The number of hydrogen-bond donors (Lipinski definition) is 0. The Hall–Kier alpha value is -2.03. The van der Waals surface area contributed by atoms with E-state index in [1.807, 2.05) is 0 Å². The molecule has 4 rings (SSSR count). The Kier molecular flexibility index (Phi) is 6.89. The van der Waals surface area contributed by atoms with Crippen molar-refractivity contribution in [3.05, 3.63) is 65.7 Å². The van der Waals surface area contributed by atoms with E-state index in [-0.39, 0.29) is 17.7 Å². The van der Waals surface area contributed by atoms with E-state index < -0.39 is 15.8 Å². The number of rotatable bonds is 6. The van der Waals surface area contributed by atoms with Gasteiger partial charge in [0.05, 0.1) is 5.75 Å². The maximum absolute atomic E-state index is 13.8. The second kappa shape index (κ2) is 9.63. The van der Waals surface area contributed by atoms with Gasteiger partial charge in [0.15, 0.2) is 11.6 Å². The summed E-state index contributed by atoms with van der Waals surface area (Å²) in [6.45, 7) is 2.68. The van der Waals surface area contributed by atoms with Gasteiger partial charge in [-0.05, 0) is 55.5 Å². The zero-order valence-electron chi connectivity index (χ0n) is 17.4. The van der Waals surface area contributed by atoms with E-state index in [0.717, 1.165) is 38.8 Å². The zero-order chi connectivity index (χ0) is 21.8. The number of piperidine rings is 2. The second-order valence-corrected chi connectivity index (χ2v) is 10.3. The van der Waals surface area contributed by atoms with Crippen molar-refractivity contribution in [2.45, 2.75) is 43.6 Å². The highest BCUT2D eigenvalue weighted by molar-refractivity contribution is 7.88. The summed E-state index contributed by atoms with van der Waals surface area (Å²) in [5.41, 5.74) is 0.471. The van der Waals surface area contributed by atoms with Gasteiger partial charge in [0.1, 0.15) is 11.9 Å². The molecule has 2 heterocycles. The normalized spacial score (nSPS) is 20.1. The summed E-state index contributed by atoms with van der Waals surface area (Å²) in [4.78, 5) is 2.40. The average molecular weight is 451 g/mol. The highest BCUT2D eigenvalue weighted by Gasteiger charge is 2.32. The molecule has 0 N–H and O–H groups in total. The minimum absolute atomic E-state index is 0.000107. The highest BCUT2D eigenvalue weighted by Crippen LogP contribution is 2.26. The third-order valence-corrected chi connectivity index (χ3v) is 8.03. The molecule has 0 spiro atoms. The van der Waals surface area contributed by atoms with E-state index in [4.69, 9.17) is 4.74 Å². The highest BCUT2D eigenvalue weighted by atomic mass is 32.2. The van der Waals surface area contributed by atoms with Gasteiger partial charge >= 0.3 is 0 Å². The van der Waals surface area contributed by atoms with Crippen LogP contribution in [0.25, 0.3) is 0 Å². The maximum atomic E-state index is 13.8. The summed E-state index contributed by atoms with van der Waals surface area (Å²) in [7, 11) is -3.46. The van der Waals surface area contributed by atoms with Gasteiger partial charge < -0.3 is 9.64 Å². The molecule has 2 fully saturated rings. The van der Waals surface area contributed by atoms with Gasteiger partial charge in [0.2, 0.25) is 10.0 Å². The molecule has 31 heavy (non-hydrogen) atoms. The molecule has 0 atom stereocenters. The first-order valence-electron chi connectivity index (χ1n) is 10.8. The number of nitrogens with zero attached hydrogens (tertiary/aromatic N) is 2. The summed E-state index contributed by atoms with van der Waals surface area (Å²) >= 11 is 0. The van der Waals surface area contributed by atoms with Crippen molar-refractivity contribution in [3.8, 4) is 5.75 Å². The molecule has 168 valence electrons. The van der Waals surface area contributed by atoms with Gasteiger partial charge in [-0.3, -0.25) is 0 Å². The van der Waals surface area contributed by atoms with E-state index >= 15 is 0 Å². The van der Waals surface area contributed by atoms with Crippen molar-refractivity contribution >= 4 is 10.0 Å². The van der Waals surface area contributed by atoms with Gasteiger partial charge in [-0.2, -0.15) is 0 Å². The molecule has 0 radical (unpaired) electrons. The number of halogens is 2. The Balaban J connectivity index is 1.25. The molecule has 5 nitrogen and oxygen atoms in total. The fourth-order valence-corrected chi connectivity index (χ4v) is 6.04.